The molecule has 0 bridgehead atoms. The molecule has 0 amide bonds. The third-order valence-electron chi connectivity index (χ3n) is 3.52. The Balaban J connectivity index is 1.91. The normalized spacial score (nSPS) is 29.9. The minimum absolute atomic E-state index is 0.0187. The van der Waals surface area contributed by atoms with Gasteiger partial charge in [-0.2, -0.15) is 0 Å². The van der Waals surface area contributed by atoms with Crippen LogP contribution in [0.25, 0.3) is 0 Å². The predicted molar refractivity (Wildman–Crippen MR) is 64.9 cm³/mol. The number of nitrogens with one attached hydrogen (secondary N) is 1. The van der Waals surface area contributed by atoms with Gasteiger partial charge in [0.2, 0.25) is 0 Å². The Hall–Kier alpha value is -0.450. The molecule has 1 saturated carbocycles. The smallest absolute Gasteiger partial charge is 0.116 e. The van der Waals surface area contributed by atoms with Crippen LogP contribution in [0.3, 0.4) is 0 Å². The first-order valence-electron chi connectivity index (χ1n) is 6.00. The topological polar surface area (TPSA) is 34.2 Å². The molecule has 0 radical (unpaired) electrons. The summed E-state index contributed by atoms with van der Waals surface area (Å²) in [6.45, 7) is 5.89. The van der Waals surface area contributed by atoms with E-state index in [0.717, 1.165) is 19.6 Å². The number of rotatable bonds is 3. The maximum atomic E-state index is 5.60. The second-order valence-corrected chi connectivity index (χ2v) is 6.17. The van der Waals surface area contributed by atoms with Gasteiger partial charge in [-0.15, -0.1) is 11.3 Å². The summed E-state index contributed by atoms with van der Waals surface area (Å²) < 4.78 is 5.60. The van der Waals surface area contributed by atoms with Crippen LogP contribution < -0.4 is 5.32 Å². The molecule has 1 aliphatic heterocycles. The Morgan fingerprint density at radius 2 is 2.25 bits per heavy atom. The van der Waals surface area contributed by atoms with Crippen LogP contribution in [-0.4, -0.2) is 24.2 Å². The van der Waals surface area contributed by atoms with Gasteiger partial charge in [0.15, 0.2) is 0 Å². The molecule has 1 aromatic rings. The number of hydrogen-bond donors (Lipinski definition) is 1. The van der Waals surface area contributed by atoms with Crippen molar-refractivity contribution in [3.8, 4) is 0 Å². The molecule has 0 aromatic carbocycles. The summed E-state index contributed by atoms with van der Waals surface area (Å²) in [5, 5.41) is 4.97. The fourth-order valence-electron chi connectivity index (χ4n) is 2.21. The van der Waals surface area contributed by atoms with Crippen molar-refractivity contribution < 1.29 is 4.74 Å². The SMILES string of the molecule is Cc1nc(C2(NC3CC3)CCOC2)sc1C. The van der Waals surface area contributed by atoms with Crippen LogP contribution in [-0.2, 0) is 10.3 Å². The summed E-state index contributed by atoms with van der Waals surface area (Å²) in [7, 11) is 0. The van der Waals surface area contributed by atoms with Crippen molar-refractivity contribution in [1.82, 2.24) is 10.3 Å². The van der Waals surface area contributed by atoms with E-state index in [1.54, 1.807) is 0 Å². The lowest BCUT2D eigenvalue weighted by Crippen LogP contribution is -2.44. The monoisotopic (exact) mass is 238 g/mol. The van der Waals surface area contributed by atoms with Gasteiger partial charge in [-0.25, -0.2) is 4.98 Å². The molecule has 2 fully saturated rings. The first-order valence-corrected chi connectivity index (χ1v) is 6.81. The highest BCUT2D eigenvalue weighted by molar-refractivity contribution is 7.11. The largest absolute Gasteiger partial charge is 0.379 e. The van der Waals surface area contributed by atoms with E-state index in [-0.39, 0.29) is 5.54 Å². The molecule has 2 heterocycles. The van der Waals surface area contributed by atoms with Gasteiger partial charge in [0.1, 0.15) is 5.01 Å². The molecule has 88 valence electrons. The lowest BCUT2D eigenvalue weighted by molar-refractivity contribution is 0.165. The maximum absolute atomic E-state index is 5.60. The van der Waals surface area contributed by atoms with E-state index in [2.05, 4.69) is 19.2 Å². The van der Waals surface area contributed by atoms with Gasteiger partial charge < -0.3 is 10.1 Å². The van der Waals surface area contributed by atoms with Gasteiger partial charge in [-0.3, -0.25) is 0 Å². The Labute approximate surface area is 100 Å². The van der Waals surface area contributed by atoms with Gasteiger partial charge in [0, 0.05) is 17.5 Å². The zero-order chi connectivity index (χ0) is 11.2. The first-order chi connectivity index (χ1) is 7.70. The molecule has 1 aliphatic carbocycles. The average molecular weight is 238 g/mol. The van der Waals surface area contributed by atoms with Gasteiger partial charge in [-0.1, -0.05) is 0 Å². The van der Waals surface area contributed by atoms with Crippen LogP contribution in [0.5, 0.6) is 0 Å². The zero-order valence-corrected chi connectivity index (χ0v) is 10.7. The average Bonchev–Trinajstić information content (AvgIpc) is 2.80. The van der Waals surface area contributed by atoms with Crippen molar-refractivity contribution in [3.05, 3.63) is 15.6 Å². The summed E-state index contributed by atoms with van der Waals surface area (Å²) in [6, 6.07) is 0.700. The molecule has 1 saturated heterocycles. The van der Waals surface area contributed by atoms with Gasteiger partial charge >= 0.3 is 0 Å². The number of thiazole rings is 1. The second kappa shape index (κ2) is 3.79. The van der Waals surface area contributed by atoms with Gasteiger partial charge in [-0.05, 0) is 33.1 Å². The molecule has 4 heteroatoms. The zero-order valence-electron chi connectivity index (χ0n) is 9.88. The van der Waals surface area contributed by atoms with E-state index in [1.165, 1.54) is 28.4 Å². The summed E-state index contributed by atoms with van der Waals surface area (Å²) in [6.07, 6.45) is 3.69. The van der Waals surface area contributed by atoms with Crippen LogP contribution >= 0.6 is 11.3 Å². The fourth-order valence-corrected chi connectivity index (χ4v) is 3.29. The number of ether oxygens (including phenoxy) is 1. The molecule has 3 rings (SSSR count). The summed E-state index contributed by atoms with van der Waals surface area (Å²) >= 11 is 1.83. The second-order valence-electron chi connectivity index (χ2n) is 4.96. The highest BCUT2D eigenvalue weighted by Gasteiger charge is 2.43. The number of aryl methyl sites for hydroxylation is 2. The molecule has 1 atom stereocenters. The molecule has 1 unspecified atom stereocenters. The third kappa shape index (κ3) is 1.79. The Morgan fingerprint density at radius 1 is 1.44 bits per heavy atom. The van der Waals surface area contributed by atoms with Crippen molar-refractivity contribution in [2.45, 2.75) is 44.7 Å². The summed E-state index contributed by atoms with van der Waals surface area (Å²) in [5.74, 6) is 0. The van der Waals surface area contributed by atoms with Crippen molar-refractivity contribution >= 4 is 11.3 Å². The first kappa shape index (κ1) is 10.7. The molecule has 16 heavy (non-hydrogen) atoms. The highest BCUT2D eigenvalue weighted by Crippen LogP contribution is 2.37. The highest BCUT2D eigenvalue weighted by atomic mass is 32.1. The van der Waals surface area contributed by atoms with Crippen LogP contribution in [0.15, 0.2) is 0 Å². The number of aromatic nitrogens is 1. The number of nitrogens with zero attached hydrogens (tertiary/aromatic N) is 1. The number of hydrogen-bond acceptors (Lipinski definition) is 4. The van der Waals surface area contributed by atoms with E-state index in [9.17, 15) is 0 Å². The molecular formula is C12H18N2OS. The fraction of sp³-hybridized carbons (Fsp3) is 0.750. The van der Waals surface area contributed by atoms with Crippen LogP contribution in [0.1, 0.15) is 34.8 Å². The van der Waals surface area contributed by atoms with Crippen molar-refractivity contribution in [2.75, 3.05) is 13.2 Å². The Kier molecular flexibility index (Phi) is 2.53. The lowest BCUT2D eigenvalue weighted by Gasteiger charge is -2.26. The van der Waals surface area contributed by atoms with E-state index in [4.69, 9.17) is 9.72 Å². The van der Waals surface area contributed by atoms with Crippen molar-refractivity contribution in [1.29, 1.82) is 0 Å². The third-order valence-corrected chi connectivity index (χ3v) is 4.79. The minimum Gasteiger partial charge on any atom is -0.379 e. The molecule has 2 aliphatic rings. The predicted octanol–water partition coefficient (Wildman–Crippen LogP) is 2.13. The minimum atomic E-state index is 0.0187. The van der Waals surface area contributed by atoms with Gasteiger partial charge in [0.05, 0.1) is 17.8 Å². The van der Waals surface area contributed by atoms with Crippen molar-refractivity contribution in [2.24, 2.45) is 0 Å². The molecule has 1 N–H and O–H groups in total. The van der Waals surface area contributed by atoms with E-state index in [0.29, 0.717) is 6.04 Å². The van der Waals surface area contributed by atoms with E-state index < -0.39 is 0 Å². The van der Waals surface area contributed by atoms with Crippen LogP contribution in [0, 0.1) is 13.8 Å². The summed E-state index contributed by atoms with van der Waals surface area (Å²) in [4.78, 5) is 6.05. The summed E-state index contributed by atoms with van der Waals surface area (Å²) in [5.41, 5.74) is 1.19. The maximum Gasteiger partial charge on any atom is 0.116 e. The molecular weight excluding hydrogens is 220 g/mol. The Morgan fingerprint density at radius 3 is 2.75 bits per heavy atom. The lowest BCUT2D eigenvalue weighted by atomic mass is 9.99. The molecule has 0 spiro atoms. The standard InChI is InChI=1S/C12H18N2OS/c1-8-9(2)16-11(13-8)12(5-6-15-7-12)14-10-3-4-10/h10,14H,3-7H2,1-2H3. The van der Waals surface area contributed by atoms with E-state index >= 15 is 0 Å². The quantitative estimate of drug-likeness (QED) is 0.876. The molecule has 3 nitrogen and oxygen atoms in total. The van der Waals surface area contributed by atoms with Crippen LogP contribution in [0.2, 0.25) is 0 Å². The van der Waals surface area contributed by atoms with Crippen LogP contribution in [0.4, 0.5) is 0 Å². The van der Waals surface area contributed by atoms with Gasteiger partial charge in [0.25, 0.3) is 0 Å². The van der Waals surface area contributed by atoms with E-state index in [1.807, 2.05) is 11.3 Å². The van der Waals surface area contributed by atoms with Crippen molar-refractivity contribution in [3.63, 3.8) is 0 Å². The molecule has 1 aromatic heterocycles. The Bertz CT molecular complexity index is 372.